The first kappa shape index (κ1) is 16.7. The van der Waals surface area contributed by atoms with Gasteiger partial charge in [0.25, 0.3) is 0 Å². The first-order chi connectivity index (χ1) is 10.1. The van der Waals surface area contributed by atoms with Crippen LogP contribution in [0.2, 0.25) is 0 Å². The molecule has 1 aliphatic heterocycles. The Hall–Kier alpha value is -0.630. The standard InChI is InChI=1S/C17H32N4/c1-4-21-12-8-16(9-13-21)20(3)11-5-10-17(2,14-18)19-15-6-7-15/h15-16,19H,4-13H2,1-3H3. The van der Waals surface area contributed by atoms with E-state index in [9.17, 15) is 5.26 Å². The van der Waals surface area contributed by atoms with Crippen LogP contribution in [0.1, 0.15) is 52.4 Å². The largest absolute Gasteiger partial charge is 0.303 e. The molecule has 1 heterocycles. The van der Waals surface area contributed by atoms with Gasteiger partial charge in [-0.1, -0.05) is 6.92 Å². The SMILES string of the molecule is CCN1CCC(N(C)CCCC(C)(C#N)NC2CC2)CC1. The molecular weight excluding hydrogens is 260 g/mol. The molecule has 1 saturated carbocycles. The maximum Gasteiger partial charge on any atom is 0.104 e. The van der Waals surface area contributed by atoms with Crippen LogP contribution in [-0.4, -0.2) is 60.6 Å². The van der Waals surface area contributed by atoms with E-state index in [-0.39, 0.29) is 5.54 Å². The number of piperidine rings is 1. The maximum absolute atomic E-state index is 9.40. The molecule has 0 amide bonds. The third kappa shape index (κ3) is 5.25. The minimum Gasteiger partial charge on any atom is -0.303 e. The van der Waals surface area contributed by atoms with Crippen LogP contribution < -0.4 is 5.32 Å². The maximum atomic E-state index is 9.40. The summed E-state index contributed by atoms with van der Waals surface area (Å²) in [6, 6.07) is 3.82. The van der Waals surface area contributed by atoms with Gasteiger partial charge in [0.1, 0.15) is 5.54 Å². The quantitative estimate of drug-likeness (QED) is 0.745. The van der Waals surface area contributed by atoms with Gasteiger partial charge in [-0.2, -0.15) is 5.26 Å². The Bertz CT molecular complexity index is 352. The summed E-state index contributed by atoms with van der Waals surface area (Å²) in [6.07, 6.45) is 7.13. The predicted octanol–water partition coefficient (Wildman–Crippen LogP) is 2.22. The Labute approximate surface area is 130 Å². The van der Waals surface area contributed by atoms with Crippen LogP contribution in [0.25, 0.3) is 0 Å². The van der Waals surface area contributed by atoms with E-state index in [4.69, 9.17) is 0 Å². The van der Waals surface area contributed by atoms with E-state index in [1.807, 2.05) is 0 Å². The molecule has 4 heteroatoms. The zero-order valence-corrected chi connectivity index (χ0v) is 14.1. The second-order valence-corrected chi connectivity index (χ2v) is 7.11. The lowest BCUT2D eigenvalue weighted by atomic mass is 9.96. The first-order valence-corrected chi connectivity index (χ1v) is 8.68. The van der Waals surface area contributed by atoms with E-state index >= 15 is 0 Å². The Morgan fingerprint density at radius 2 is 1.95 bits per heavy atom. The molecule has 2 rings (SSSR count). The van der Waals surface area contributed by atoms with E-state index in [0.717, 1.165) is 25.4 Å². The number of hydrogen-bond acceptors (Lipinski definition) is 4. The van der Waals surface area contributed by atoms with E-state index in [1.54, 1.807) is 0 Å². The van der Waals surface area contributed by atoms with Crippen molar-refractivity contribution in [2.24, 2.45) is 0 Å². The van der Waals surface area contributed by atoms with Gasteiger partial charge in [0, 0.05) is 12.1 Å². The molecule has 2 fully saturated rings. The molecule has 0 spiro atoms. The number of nitrogens with one attached hydrogen (secondary N) is 1. The van der Waals surface area contributed by atoms with E-state index in [1.165, 1.54) is 45.3 Å². The summed E-state index contributed by atoms with van der Waals surface area (Å²) in [5.41, 5.74) is -0.326. The molecule has 0 radical (unpaired) electrons. The molecular formula is C17H32N4. The van der Waals surface area contributed by atoms with Gasteiger partial charge in [0.2, 0.25) is 0 Å². The van der Waals surface area contributed by atoms with Crippen LogP contribution in [0.5, 0.6) is 0 Å². The van der Waals surface area contributed by atoms with Crippen molar-refractivity contribution in [3.63, 3.8) is 0 Å². The molecule has 1 atom stereocenters. The summed E-state index contributed by atoms with van der Waals surface area (Å²) in [4.78, 5) is 5.05. The number of hydrogen-bond donors (Lipinski definition) is 1. The fraction of sp³-hybridized carbons (Fsp3) is 0.941. The third-order valence-electron chi connectivity index (χ3n) is 5.16. The summed E-state index contributed by atoms with van der Waals surface area (Å²) >= 11 is 0. The fourth-order valence-corrected chi connectivity index (χ4v) is 3.38. The summed E-state index contributed by atoms with van der Waals surface area (Å²) < 4.78 is 0. The molecule has 0 aromatic heterocycles. The second-order valence-electron chi connectivity index (χ2n) is 7.11. The number of likely N-dealkylation sites (tertiary alicyclic amines) is 1. The average molecular weight is 292 g/mol. The molecule has 21 heavy (non-hydrogen) atoms. The monoisotopic (exact) mass is 292 g/mol. The average Bonchev–Trinajstić information content (AvgIpc) is 3.31. The van der Waals surface area contributed by atoms with Crippen molar-refractivity contribution in [2.45, 2.75) is 70.0 Å². The molecule has 0 aromatic carbocycles. The van der Waals surface area contributed by atoms with Gasteiger partial charge in [-0.25, -0.2) is 0 Å². The van der Waals surface area contributed by atoms with Gasteiger partial charge in [0.15, 0.2) is 0 Å². The van der Waals surface area contributed by atoms with Crippen LogP contribution in [0.4, 0.5) is 0 Å². The van der Waals surface area contributed by atoms with Crippen molar-refractivity contribution in [1.82, 2.24) is 15.1 Å². The molecule has 4 nitrogen and oxygen atoms in total. The number of nitriles is 1. The molecule has 2 aliphatic rings. The number of rotatable bonds is 8. The lowest BCUT2D eigenvalue weighted by Gasteiger charge is -2.36. The molecule has 1 N–H and O–H groups in total. The van der Waals surface area contributed by atoms with E-state index < -0.39 is 0 Å². The van der Waals surface area contributed by atoms with Gasteiger partial charge >= 0.3 is 0 Å². The molecule has 1 unspecified atom stereocenters. The van der Waals surface area contributed by atoms with Crippen LogP contribution in [0.15, 0.2) is 0 Å². The van der Waals surface area contributed by atoms with E-state index in [2.05, 4.69) is 42.1 Å². The second kappa shape index (κ2) is 7.58. The summed E-state index contributed by atoms with van der Waals surface area (Å²) in [5, 5.41) is 12.9. The van der Waals surface area contributed by atoms with Crippen molar-refractivity contribution >= 4 is 0 Å². The molecule has 0 aromatic rings. The van der Waals surface area contributed by atoms with Crippen molar-refractivity contribution in [3.05, 3.63) is 0 Å². The van der Waals surface area contributed by atoms with Crippen LogP contribution >= 0.6 is 0 Å². The Morgan fingerprint density at radius 1 is 1.29 bits per heavy atom. The number of nitrogens with zero attached hydrogens (tertiary/aromatic N) is 3. The molecule has 1 saturated heterocycles. The zero-order valence-electron chi connectivity index (χ0n) is 14.1. The zero-order chi connectivity index (χ0) is 15.3. The van der Waals surface area contributed by atoms with Crippen molar-refractivity contribution in [2.75, 3.05) is 33.2 Å². The molecule has 120 valence electrons. The van der Waals surface area contributed by atoms with Gasteiger partial charge in [0.05, 0.1) is 6.07 Å². The minimum atomic E-state index is -0.326. The first-order valence-electron chi connectivity index (χ1n) is 8.68. The Balaban J connectivity index is 1.66. The molecule has 0 bridgehead atoms. The van der Waals surface area contributed by atoms with Crippen LogP contribution in [0.3, 0.4) is 0 Å². The Morgan fingerprint density at radius 3 is 2.48 bits per heavy atom. The highest BCUT2D eigenvalue weighted by atomic mass is 15.2. The smallest absolute Gasteiger partial charge is 0.104 e. The summed E-state index contributed by atoms with van der Waals surface area (Å²) in [5.74, 6) is 0. The van der Waals surface area contributed by atoms with Crippen molar-refractivity contribution < 1.29 is 0 Å². The van der Waals surface area contributed by atoms with Gasteiger partial charge in [-0.05, 0) is 78.7 Å². The topological polar surface area (TPSA) is 42.3 Å². The van der Waals surface area contributed by atoms with Gasteiger partial charge in [-0.3, -0.25) is 5.32 Å². The Kier molecular flexibility index (Phi) is 6.04. The van der Waals surface area contributed by atoms with Crippen molar-refractivity contribution in [3.8, 4) is 6.07 Å². The van der Waals surface area contributed by atoms with Crippen molar-refractivity contribution in [1.29, 1.82) is 5.26 Å². The van der Waals surface area contributed by atoms with Crippen LogP contribution in [0, 0.1) is 11.3 Å². The normalized spacial score (nSPS) is 24.0. The highest BCUT2D eigenvalue weighted by molar-refractivity contribution is 5.07. The predicted molar refractivity (Wildman–Crippen MR) is 87.2 cm³/mol. The minimum absolute atomic E-state index is 0.326. The fourth-order valence-electron chi connectivity index (χ4n) is 3.38. The van der Waals surface area contributed by atoms with E-state index in [0.29, 0.717) is 6.04 Å². The van der Waals surface area contributed by atoms with Crippen LogP contribution in [-0.2, 0) is 0 Å². The van der Waals surface area contributed by atoms with Gasteiger partial charge < -0.3 is 9.80 Å². The summed E-state index contributed by atoms with van der Waals surface area (Å²) in [7, 11) is 2.25. The summed E-state index contributed by atoms with van der Waals surface area (Å²) in [6.45, 7) is 9.09. The third-order valence-corrected chi connectivity index (χ3v) is 5.16. The van der Waals surface area contributed by atoms with Gasteiger partial charge in [-0.15, -0.1) is 0 Å². The lowest BCUT2D eigenvalue weighted by Crippen LogP contribution is -2.45. The highest BCUT2D eigenvalue weighted by Gasteiger charge is 2.32. The highest BCUT2D eigenvalue weighted by Crippen LogP contribution is 2.24. The molecule has 1 aliphatic carbocycles. The lowest BCUT2D eigenvalue weighted by molar-refractivity contribution is 0.129.